The summed E-state index contributed by atoms with van der Waals surface area (Å²) < 4.78 is 13.0. The van der Waals surface area contributed by atoms with Crippen LogP contribution in [0.5, 0.6) is 0 Å². The van der Waals surface area contributed by atoms with E-state index in [4.69, 9.17) is 11.6 Å². The Morgan fingerprint density at radius 1 is 1.17 bits per heavy atom. The molecule has 0 amide bonds. The normalized spacial score (nSPS) is 12.4. The van der Waals surface area contributed by atoms with E-state index in [0.717, 1.165) is 16.1 Å². The van der Waals surface area contributed by atoms with Crippen molar-refractivity contribution in [2.75, 3.05) is 0 Å². The van der Waals surface area contributed by atoms with Crippen molar-refractivity contribution in [1.82, 2.24) is 5.32 Å². The van der Waals surface area contributed by atoms with E-state index in [1.807, 2.05) is 37.3 Å². The van der Waals surface area contributed by atoms with E-state index in [0.29, 0.717) is 6.54 Å². The monoisotopic (exact) mass is 263 g/mol. The Morgan fingerprint density at radius 3 is 2.67 bits per heavy atom. The van der Waals surface area contributed by atoms with Crippen LogP contribution in [0.4, 0.5) is 4.39 Å². The maximum Gasteiger partial charge on any atom is 0.123 e. The molecule has 1 unspecified atom stereocenters. The Labute approximate surface area is 112 Å². The molecule has 0 aliphatic heterocycles. The standard InChI is InChI=1S/C15H15ClFN/c1-11(14-7-2-3-8-15(14)16)18-10-12-5-4-6-13(17)9-12/h2-9,11,18H,10H2,1H3. The van der Waals surface area contributed by atoms with Crippen LogP contribution in [0.15, 0.2) is 48.5 Å². The van der Waals surface area contributed by atoms with Crippen LogP contribution in [-0.4, -0.2) is 0 Å². The Kier molecular flexibility index (Phi) is 4.34. The van der Waals surface area contributed by atoms with Crippen LogP contribution in [-0.2, 0) is 6.54 Å². The van der Waals surface area contributed by atoms with Gasteiger partial charge in [-0.3, -0.25) is 0 Å². The molecule has 0 bridgehead atoms. The fraction of sp³-hybridized carbons (Fsp3) is 0.200. The molecule has 0 radical (unpaired) electrons. The number of benzene rings is 2. The average Bonchev–Trinajstić information content (AvgIpc) is 2.37. The van der Waals surface area contributed by atoms with Crippen molar-refractivity contribution < 1.29 is 4.39 Å². The summed E-state index contributed by atoms with van der Waals surface area (Å²) in [5, 5.41) is 4.08. The highest BCUT2D eigenvalue weighted by atomic mass is 35.5. The molecule has 0 fully saturated rings. The van der Waals surface area contributed by atoms with Crippen LogP contribution in [0.25, 0.3) is 0 Å². The zero-order valence-electron chi connectivity index (χ0n) is 10.2. The fourth-order valence-electron chi connectivity index (χ4n) is 1.85. The molecule has 2 rings (SSSR count). The van der Waals surface area contributed by atoms with Gasteiger partial charge in [0.15, 0.2) is 0 Å². The highest BCUT2D eigenvalue weighted by Gasteiger charge is 2.08. The number of rotatable bonds is 4. The largest absolute Gasteiger partial charge is 0.306 e. The van der Waals surface area contributed by atoms with Gasteiger partial charge in [-0.05, 0) is 36.2 Å². The molecule has 94 valence electrons. The maximum absolute atomic E-state index is 13.0. The van der Waals surface area contributed by atoms with E-state index in [1.165, 1.54) is 12.1 Å². The molecule has 0 spiro atoms. The molecule has 1 nitrogen and oxygen atoms in total. The number of hydrogen-bond donors (Lipinski definition) is 1. The smallest absolute Gasteiger partial charge is 0.123 e. The van der Waals surface area contributed by atoms with Crippen molar-refractivity contribution in [2.45, 2.75) is 19.5 Å². The van der Waals surface area contributed by atoms with Crippen molar-refractivity contribution in [1.29, 1.82) is 0 Å². The van der Waals surface area contributed by atoms with Crippen molar-refractivity contribution in [3.8, 4) is 0 Å². The topological polar surface area (TPSA) is 12.0 Å². The zero-order chi connectivity index (χ0) is 13.0. The lowest BCUT2D eigenvalue weighted by Gasteiger charge is -2.15. The Balaban J connectivity index is 2.00. The molecule has 0 aromatic heterocycles. The van der Waals surface area contributed by atoms with Gasteiger partial charge in [0.25, 0.3) is 0 Å². The van der Waals surface area contributed by atoms with Gasteiger partial charge in [0.05, 0.1) is 0 Å². The molecule has 2 aromatic carbocycles. The first-order valence-corrected chi connectivity index (χ1v) is 6.27. The predicted molar refractivity (Wildman–Crippen MR) is 73.1 cm³/mol. The quantitative estimate of drug-likeness (QED) is 0.866. The van der Waals surface area contributed by atoms with E-state index in [1.54, 1.807) is 6.07 Å². The second-order valence-corrected chi connectivity index (χ2v) is 4.66. The molecule has 0 heterocycles. The third-order valence-electron chi connectivity index (χ3n) is 2.87. The van der Waals surface area contributed by atoms with Gasteiger partial charge in [-0.2, -0.15) is 0 Å². The summed E-state index contributed by atoms with van der Waals surface area (Å²) in [6.07, 6.45) is 0. The molecule has 18 heavy (non-hydrogen) atoms. The second-order valence-electron chi connectivity index (χ2n) is 4.25. The van der Waals surface area contributed by atoms with Gasteiger partial charge in [-0.1, -0.05) is 41.9 Å². The van der Waals surface area contributed by atoms with Gasteiger partial charge >= 0.3 is 0 Å². The van der Waals surface area contributed by atoms with Gasteiger partial charge in [0.1, 0.15) is 5.82 Å². The maximum atomic E-state index is 13.0. The van der Waals surface area contributed by atoms with Gasteiger partial charge in [-0.25, -0.2) is 4.39 Å². The van der Waals surface area contributed by atoms with Crippen LogP contribution >= 0.6 is 11.6 Å². The van der Waals surface area contributed by atoms with E-state index >= 15 is 0 Å². The van der Waals surface area contributed by atoms with Crippen LogP contribution in [0.3, 0.4) is 0 Å². The molecule has 0 saturated carbocycles. The highest BCUT2D eigenvalue weighted by molar-refractivity contribution is 6.31. The first kappa shape index (κ1) is 13.1. The molecule has 1 atom stereocenters. The van der Waals surface area contributed by atoms with Crippen LogP contribution < -0.4 is 5.32 Å². The third kappa shape index (κ3) is 3.31. The molecule has 1 N–H and O–H groups in total. The van der Waals surface area contributed by atoms with E-state index < -0.39 is 0 Å². The number of hydrogen-bond acceptors (Lipinski definition) is 1. The minimum absolute atomic E-state index is 0.127. The molecular formula is C15H15ClFN. The lowest BCUT2D eigenvalue weighted by Crippen LogP contribution is -2.18. The minimum atomic E-state index is -0.209. The van der Waals surface area contributed by atoms with E-state index in [-0.39, 0.29) is 11.9 Å². The molecular weight excluding hydrogens is 249 g/mol. The first-order valence-electron chi connectivity index (χ1n) is 5.89. The number of nitrogens with one attached hydrogen (secondary N) is 1. The van der Waals surface area contributed by atoms with Gasteiger partial charge in [0, 0.05) is 17.6 Å². The third-order valence-corrected chi connectivity index (χ3v) is 3.22. The summed E-state index contributed by atoms with van der Waals surface area (Å²) in [4.78, 5) is 0. The summed E-state index contributed by atoms with van der Waals surface area (Å²) in [5.74, 6) is -0.209. The molecule has 0 aliphatic rings. The predicted octanol–water partition coefficient (Wildman–Crippen LogP) is 4.33. The molecule has 3 heteroatoms. The summed E-state index contributed by atoms with van der Waals surface area (Å²) in [5.41, 5.74) is 1.98. The lowest BCUT2D eigenvalue weighted by atomic mass is 10.1. The van der Waals surface area contributed by atoms with Crippen LogP contribution in [0.2, 0.25) is 5.02 Å². The van der Waals surface area contributed by atoms with Gasteiger partial charge in [-0.15, -0.1) is 0 Å². The summed E-state index contributed by atoms with van der Waals surface area (Å²) in [6.45, 7) is 2.66. The summed E-state index contributed by atoms with van der Waals surface area (Å²) in [6, 6.07) is 14.5. The number of halogens is 2. The van der Waals surface area contributed by atoms with Crippen molar-refractivity contribution in [3.63, 3.8) is 0 Å². The second kappa shape index (κ2) is 5.98. The first-order chi connectivity index (χ1) is 8.66. The Hall–Kier alpha value is -1.38. The molecule has 2 aromatic rings. The summed E-state index contributed by atoms with van der Waals surface area (Å²) >= 11 is 6.13. The Bertz CT molecular complexity index is 527. The van der Waals surface area contributed by atoms with Gasteiger partial charge in [0.2, 0.25) is 0 Å². The minimum Gasteiger partial charge on any atom is -0.306 e. The summed E-state index contributed by atoms with van der Waals surface area (Å²) in [7, 11) is 0. The highest BCUT2D eigenvalue weighted by Crippen LogP contribution is 2.22. The molecule has 0 aliphatic carbocycles. The zero-order valence-corrected chi connectivity index (χ0v) is 10.9. The fourth-order valence-corrected chi connectivity index (χ4v) is 2.15. The average molecular weight is 264 g/mol. The van der Waals surface area contributed by atoms with Crippen LogP contribution in [0, 0.1) is 5.82 Å². The van der Waals surface area contributed by atoms with Gasteiger partial charge < -0.3 is 5.32 Å². The van der Waals surface area contributed by atoms with Crippen molar-refractivity contribution >= 4 is 11.6 Å². The lowest BCUT2D eigenvalue weighted by molar-refractivity contribution is 0.569. The van der Waals surface area contributed by atoms with Crippen molar-refractivity contribution in [3.05, 3.63) is 70.5 Å². The van der Waals surface area contributed by atoms with E-state index in [2.05, 4.69) is 5.32 Å². The van der Waals surface area contributed by atoms with E-state index in [9.17, 15) is 4.39 Å². The van der Waals surface area contributed by atoms with Crippen molar-refractivity contribution in [2.24, 2.45) is 0 Å². The Morgan fingerprint density at radius 2 is 1.94 bits per heavy atom. The van der Waals surface area contributed by atoms with Crippen LogP contribution in [0.1, 0.15) is 24.1 Å². The molecule has 0 saturated heterocycles. The SMILES string of the molecule is CC(NCc1cccc(F)c1)c1ccccc1Cl.